The van der Waals surface area contributed by atoms with E-state index in [4.69, 9.17) is 4.42 Å². The average molecular weight is 419 g/mol. The second kappa shape index (κ2) is 9.20. The molecule has 0 radical (unpaired) electrons. The Labute approximate surface area is 183 Å². The van der Waals surface area contributed by atoms with E-state index in [1.54, 1.807) is 0 Å². The monoisotopic (exact) mass is 418 g/mol. The van der Waals surface area contributed by atoms with Crippen LogP contribution < -0.4 is 0 Å². The van der Waals surface area contributed by atoms with Gasteiger partial charge in [-0.2, -0.15) is 0 Å². The van der Waals surface area contributed by atoms with Crippen LogP contribution in [0.3, 0.4) is 0 Å². The maximum Gasteiger partial charge on any atom is 0.236 e. The second-order valence-corrected chi connectivity index (χ2v) is 8.71. The Morgan fingerprint density at radius 2 is 1.55 bits per heavy atom. The number of benzene rings is 2. The molecule has 0 bridgehead atoms. The van der Waals surface area contributed by atoms with Gasteiger partial charge in [-0.05, 0) is 30.5 Å². The predicted octanol–water partition coefficient (Wildman–Crippen LogP) is 3.35. The van der Waals surface area contributed by atoms with Gasteiger partial charge in [-0.25, -0.2) is 4.98 Å². The van der Waals surface area contributed by atoms with Gasteiger partial charge in [0.1, 0.15) is 5.52 Å². The topological polar surface area (TPSA) is 52.8 Å². The number of oxazole rings is 1. The van der Waals surface area contributed by atoms with Gasteiger partial charge in [0.25, 0.3) is 0 Å². The normalized spacial score (nSPS) is 19.2. The minimum Gasteiger partial charge on any atom is -0.440 e. The number of rotatable bonds is 5. The van der Waals surface area contributed by atoms with Crippen molar-refractivity contribution in [3.63, 3.8) is 0 Å². The SMILES string of the molecule is O=C(CN1CCN(Cc2ccccc2)CC1)N1CCC(c2nc3ccccc3o2)CC1. The molecule has 0 atom stereocenters. The molecular formula is C25H30N4O2. The Morgan fingerprint density at radius 3 is 2.29 bits per heavy atom. The standard InChI is InChI=1S/C25H30N4O2/c30-24(19-28-16-14-27(15-17-28)18-20-6-2-1-3-7-20)29-12-10-21(11-13-29)25-26-22-8-4-5-9-23(22)31-25/h1-9,21H,10-19H2. The van der Waals surface area contributed by atoms with Crippen LogP contribution in [0.15, 0.2) is 59.0 Å². The minimum atomic E-state index is 0.257. The molecule has 0 saturated carbocycles. The van der Waals surface area contributed by atoms with Crippen LogP contribution in [0.1, 0.15) is 30.2 Å². The van der Waals surface area contributed by atoms with E-state index in [0.717, 1.165) is 75.6 Å². The van der Waals surface area contributed by atoms with Gasteiger partial charge in [0.05, 0.1) is 6.54 Å². The zero-order valence-corrected chi connectivity index (χ0v) is 17.9. The summed E-state index contributed by atoms with van der Waals surface area (Å²) in [6.07, 6.45) is 1.84. The first-order valence-corrected chi connectivity index (χ1v) is 11.4. The van der Waals surface area contributed by atoms with Crippen LogP contribution in [0.5, 0.6) is 0 Å². The van der Waals surface area contributed by atoms with Crippen molar-refractivity contribution in [2.24, 2.45) is 0 Å². The zero-order valence-electron chi connectivity index (χ0n) is 17.9. The van der Waals surface area contributed by atoms with Crippen LogP contribution in [0.25, 0.3) is 11.1 Å². The third-order valence-corrected chi connectivity index (χ3v) is 6.58. The van der Waals surface area contributed by atoms with E-state index >= 15 is 0 Å². The first-order valence-electron chi connectivity index (χ1n) is 11.4. The molecule has 2 aromatic carbocycles. The van der Waals surface area contributed by atoms with E-state index in [-0.39, 0.29) is 5.91 Å². The van der Waals surface area contributed by atoms with Crippen molar-refractivity contribution >= 4 is 17.0 Å². The number of para-hydroxylation sites is 2. The van der Waals surface area contributed by atoms with Gasteiger partial charge < -0.3 is 9.32 Å². The van der Waals surface area contributed by atoms with Crippen LogP contribution in [0.4, 0.5) is 0 Å². The Kier molecular flexibility index (Phi) is 6.00. The Morgan fingerprint density at radius 1 is 0.871 bits per heavy atom. The lowest BCUT2D eigenvalue weighted by molar-refractivity contribution is -0.134. The molecule has 3 aromatic rings. The number of carbonyl (C=O) groups is 1. The van der Waals surface area contributed by atoms with E-state index in [0.29, 0.717) is 12.5 Å². The molecule has 0 spiro atoms. The molecule has 5 rings (SSSR count). The molecule has 2 aliphatic rings. The van der Waals surface area contributed by atoms with Crippen molar-refractivity contribution in [3.8, 4) is 0 Å². The van der Waals surface area contributed by atoms with Crippen LogP contribution in [0, 0.1) is 0 Å². The summed E-state index contributed by atoms with van der Waals surface area (Å²) in [4.78, 5) is 24.3. The van der Waals surface area contributed by atoms with Gasteiger partial charge in [0.15, 0.2) is 11.5 Å². The highest BCUT2D eigenvalue weighted by atomic mass is 16.3. The number of fused-ring (bicyclic) bond motifs is 1. The summed E-state index contributed by atoms with van der Waals surface area (Å²) in [5.41, 5.74) is 3.12. The van der Waals surface area contributed by atoms with E-state index in [1.807, 2.05) is 29.2 Å². The molecule has 0 aliphatic carbocycles. The van der Waals surface area contributed by atoms with Crippen molar-refractivity contribution in [2.45, 2.75) is 25.3 Å². The first-order chi connectivity index (χ1) is 15.2. The van der Waals surface area contributed by atoms with Crippen molar-refractivity contribution in [3.05, 3.63) is 66.1 Å². The molecule has 0 N–H and O–H groups in total. The summed E-state index contributed by atoms with van der Waals surface area (Å²) in [5.74, 6) is 1.38. The van der Waals surface area contributed by atoms with Gasteiger partial charge in [-0.1, -0.05) is 42.5 Å². The lowest BCUT2D eigenvalue weighted by atomic mass is 9.96. The number of amides is 1. The Hall–Kier alpha value is -2.70. The highest BCUT2D eigenvalue weighted by Gasteiger charge is 2.28. The molecule has 3 heterocycles. The van der Waals surface area contributed by atoms with Gasteiger partial charge in [-0.15, -0.1) is 0 Å². The van der Waals surface area contributed by atoms with Crippen molar-refractivity contribution in [1.29, 1.82) is 0 Å². The molecule has 2 aliphatic heterocycles. The van der Waals surface area contributed by atoms with E-state index in [2.05, 4.69) is 45.1 Å². The van der Waals surface area contributed by atoms with E-state index in [9.17, 15) is 4.79 Å². The van der Waals surface area contributed by atoms with Crippen molar-refractivity contribution in [2.75, 3.05) is 45.8 Å². The average Bonchev–Trinajstić information content (AvgIpc) is 3.25. The molecule has 2 fully saturated rings. The predicted molar refractivity (Wildman–Crippen MR) is 121 cm³/mol. The summed E-state index contributed by atoms with van der Waals surface area (Å²) in [5, 5.41) is 0. The molecule has 6 nitrogen and oxygen atoms in total. The van der Waals surface area contributed by atoms with Crippen LogP contribution in [-0.2, 0) is 11.3 Å². The number of hydrogen-bond donors (Lipinski definition) is 0. The van der Waals surface area contributed by atoms with E-state index in [1.165, 1.54) is 5.56 Å². The minimum absolute atomic E-state index is 0.257. The molecule has 0 unspecified atom stereocenters. The zero-order chi connectivity index (χ0) is 21.0. The lowest BCUT2D eigenvalue weighted by Gasteiger charge is -2.36. The largest absolute Gasteiger partial charge is 0.440 e. The maximum absolute atomic E-state index is 12.9. The third-order valence-electron chi connectivity index (χ3n) is 6.58. The fourth-order valence-corrected chi connectivity index (χ4v) is 4.68. The molecule has 162 valence electrons. The Balaban J connectivity index is 1.07. The Bertz CT molecular complexity index is 970. The van der Waals surface area contributed by atoms with Gasteiger partial charge in [-0.3, -0.25) is 14.6 Å². The number of aromatic nitrogens is 1. The number of likely N-dealkylation sites (tertiary alicyclic amines) is 1. The second-order valence-electron chi connectivity index (χ2n) is 8.71. The summed E-state index contributed by atoms with van der Waals surface area (Å²) in [7, 11) is 0. The number of hydrogen-bond acceptors (Lipinski definition) is 5. The van der Waals surface area contributed by atoms with Gasteiger partial charge in [0, 0.05) is 51.7 Å². The summed E-state index contributed by atoms with van der Waals surface area (Å²) >= 11 is 0. The van der Waals surface area contributed by atoms with Crippen molar-refractivity contribution < 1.29 is 9.21 Å². The van der Waals surface area contributed by atoms with Gasteiger partial charge in [0.2, 0.25) is 5.91 Å². The number of piperidine rings is 1. The summed E-state index contributed by atoms with van der Waals surface area (Å²) in [6.45, 7) is 7.05. The maximum atomic E-state index is 12.9. The third kappa shape index (κ3) is 4.81. The van der Waals surface area contributed by atoms with Crippen LogP contribution >= 0.6 is 0 Å². The fraction of sp³-hybridized carbons (Fsp3) is 0.440. The smallest absolute Gasteiger partial charge is 0.236 e. The number of carbonyl (C=O) groups excluding carboxylic acids is 1. The molecule has 2 saturated heterocycles. The first kappa shape index (κ1) is 20.2. The highest BCUT2D eigenvalue weighted by Crippen LogP contribution is 2.30. The molecule has 31 heavy (non-hydrogen) atoms. The molecular weight excluding hydrogens is 388 g/mol. The van der Waals surface area contributed by atoms with Gasteiger partial charge >= 0.3 is 0 Å². The molecule has 6 heteroatoms. The lowest BCUT2D eigenvalue weighted by Crippen LogP contribution is -2.50. The van der Waals surface area contributed by atoms with E-state index < -0.39 is 0 Å². The van der Waals surface area contributed by atoms with Crippen molar-refractivity contribution in [1.82, 2.24) is 19.7 Å². The summed E-state index contributed by atoms with van der Waals surface area (Å²) < 4.78 is 5.95. The molecule has 1 amide bonds. The number of nitrogens with zero attached hydrogens (tertiary/aromatic N) is 4. The fourth-order valence-electron chi connectivity index (χ4n) is 4.68. The molecule has 1 aromatic heterocycles. The van der Waals surface area contributed by atoms with Crippen LogP contribution in [0.2, 0.25) is 0 Å². The van der Waals surface area contributed by atoms with Crippen LogP contribution in [-0.4, -0.2) is 71.4 Å². The number of piperazine rings is 1. The quantitative estimate of drug-likeness (QED) is 0.636. The summed E-state index contributed by atoms with van der Waals surface area (Å²) in [6, 6.07) is 18.5. The highest BCUT2D eigenvalue weighted by molar-refractivity contribution is 5.78.